The minimum Gasteiger partial charge on any atom is -0.409 e. The van der Waals surface area contributed by atoms with Crippen molar-refractivity contribution in [2.24, 2.45) is 10.9 Å². The molecule has 0 aliphatic carbocycles. The van der Waals surface area contributed by atoms with Crippen LogP contribution in [0.2, 0.25) is 0 Å². The molecule has 21 heavy (non-hydrogen) atoms. The normalized spacial score (nSPS) is 11.9. The highest BCUT2D eigenvalue weighted by atomic mass is 16.4. The van der Waals surface area contributed by atoms with Crippen molar-refractivity contribution in [3.05, 3.63) is 52.3 Å². The molecule has 5 nitrogen and oxygen atoms in total. The Bertz CT molecular complexity index is 658. The zero-order chi connectivity index (χ0) is 15.4. The number of rotatable bonds is 5. The van der Waals surface area contributed by atoms with E-state index >= 15 is 0 Å². The number of amidine groups is 1. The molecule has 0 aliphatic rings. The predicted molar refractivity (Wildman–Crippen MR) is 83.8 cm³/mol. The Balaban J connectivity index is 2.30. The molecule has 5 heteroatoms. The van der Waals surface area contributed by atoms with Gasteiger partial charge in [0.15, 0.2) is 5.84 Å². The van der Waals surface area contributed by atoms with Crippen LogP contribution in [0.3, 0.4) is 0 Å². The lowest BCUT2D eigenvalue weighted by atomic mass is 10.0. The molecule has 0 bridgehead atoms. The second kappa shape index (κ2) is 6.43. The van der Waals surface area contributed by atoms with Crippen LogP contribution in [0.15, 0.2) is 29.4 Å². The summed E-state index contributed by atoms with van der Waals surface area (Å²) < 4.78 is 2.06. The molecule has 0 amide bonds. The topological polar surface area (TPSA) is 76.4 Å². The van der Waals surface area contributed by atoms with Crippen molar-refractivity contribution in [2.45, 2.75) is 40.2 Å². The summed E-state index contributed by atoms with van der Waals surface area (Å²) in [5, 5.41) is 16.4. The zero-order valence-electron chi connectivity index (χ0n) is 12.8. The number of nitrogens with zero attached hydrogens (tertiary/aromatic N) is 3. The zero-order valence-corrected chi connectivity index (χ0v) is 12.8. The van der Waals surface area contributed by atoms with E-state index in [2.05, 4.69) is 34.9 Å². The molecule has 0 fully saturated rings. The number of hydrogen-bond donors (Lipinski definition) is 2. The third-order valence-electron chi connectivity index (χ3n) is 3.70. The molecule has 0 saturated heterocycles. The molecule has 0 unspecified atom stereocenters. The molecular weight excluding hydrogens is 264 g/mol. The number of nitrogens with two attached hydrogens (primary N) is 1. The SMILES string of the molecule is CCc1cc(CC)n(Cc2ccc(/C(N)=N/O)cc2C)n1. The Morgan fingerprint density at radius 2 is 2.05 bits per heavy atom. The predicted octanol–water partition coefficient (Wildman–Crippen LogP) is 2.46. The smallest absolute Gasteiger partial charge is 0.170 e. The first-order valence-corrected chi connectivity index (χ1v) is 7.22. The van der Waals surface area contributed by atoms with E-state index in [-0.39, 0.29) is 5.84 Å². The van der Waals surface area contributed by atoms with Gasteiger partial charge in [-0.3, -0.25) is 4.68 Å². The Kier molecular flexibility index (Phi) is 4.62. The van der Waals surface area contributed by atoms with Crippen molar-refractivity contribution < 1.29 is 5.21 Å². The average Bonchev–Trinajstić information content (AvgIpc) is 2.90. The molecule has 1 aromatic carbocycles. The van der Waals surface area contributed by atoms with Crippen LogP contribution >= 0.6 is 0 Å². The van der Waals surface area contributed by atoms with E-state index < -0.39 is 0 Å². The van der Waals surface area contributed by atoms with Crippen LogP contribution in [0.5, 0.6) is 0 Å². The number of aryl methyl sites for hydroxylation is 3. The summed E-state index contributed by atoms with van der Waals surface area (Å²) >= 11 is 0. The van der Waals surface area contributed by atoms with Gasteiger partial charge in [-0.05, 0) is 43.0 Å². The van der Waals surface area contributed by atoms with E-state index in [9.17, 15) is 0 Å². The van der Waals surface area contributed by atoms with Crippen LogP contribution < -0.4 is 5.73 Å². The summed E-state index contributed by atoms with van der Waals surface area (Å²) in [6, 6.07) is 7.98. The third kappa shape index (κ3) is 3.24. The third-order valence-corrected chi connectivity index (χ3v) is 3.70. The van der Waals surface area contributed by atoms with E-state index in [1.807, 2.05) is 25.1 Å². The van der Waals surface area contributed by atoms with Crippen LogP contribution in [-0.4, -0.2) is 20.8 Å². The molecule has 0 aliphatic heterocycles. The van der Waals surface area contributed by atoms with Gasteiger partial charge in [0.25, 0.3) is 0 Å². The fourth-order valence-corrected chi connectivity index (χ4v) is 2.36. The number of aromatic nitrogens is 2. The quantitative estimate of drug-likeness (QED) is 0.383. The van der Waals surface area contributed by atoms with Crippen LogP contribution in [-0.2, 0) is 19.4 Å². The fraction of sp³-hybridized carbons (Fsp3) is 0.375. The van der Waals surface area contributed by atoms with Crippen molar-refractivity contribution >= 4 is 5.84 Å². The maximum absolute atomic E-state index is 8.73. The molecule has 1 heterocycles. The Labute approximate surface area is 125 Å². The van der Waals surface area contributed by atoms with Crippen molar-refractivity contribution in [1.82, 2.24) is 9.78 Å². The van der Waals surface area contributed by atoms with E-state index in [1.165, 1.54) is 11.3 Å². The van der Waals surface area contributed by atoms with Crippen molar-refractivity contribution in [2.75, 3.05) is 0 Å². The molecular formula is C16H22N4O. The first-order chi connectivity index (χ1) is 10.1. The molecule has 2 rings (SSSR count). The second-order valence-electron chi connectivity index (χ2n) is 5.12. The van der Waals surface area contributed by atoms with Gasteiger partial charge in [0.1, 0.15) is 0 Å². The highest BCUT2D eigenvalue weighted by Gasteiger charge is 2.09. The van der Waals surface area contributed by atoms with Gasteiger partial charge >= 0.3 is 0 Å². The van der Waals surface area contributed by atoms with E-state index in [0.29, 0.717) is 0 Å². The van der Waals surface area contributed by atoms with Gasteiger partial charge in [0.05, 0.1) is 12.2 Å². The van der Waals surface area contributed by atoms with Crippen molar-refractivity contribution in [1.29, 1.82) is 0 Å². The molecule has 0 spiro atoms. The van der Waals surface area contributed by atoms with Gasteiger partial charge in [0.2, 0.25) is 0 Å². The number of oxime groups is 1. The largest absolute Gasteiger partial charge is 0.409 e. The van der Waals surface area contributed by atoms with Gasteiger partial charge in [0, 0.05) is 11.3 Å². The molecule has 0 atom stereocenters. The Hall–Kier alpha value is -2.30. The average molecular weight is 286 g/mol. The van der Waals surface area contributed by atoms with Crippen molar-refractivity contribution in [3.63, 3.8) is 0 Å². The summed E-state index contributed by atoms with van der Waals surface area (Å²) in [4.78, 5) is 0. The van der Waals surface area contributed by atoms with Gasteiger partial charge in [-0.1, -0.05) is 31.1 Å². The van der Waals surface area contributed by atoms with E-state index in [4.69, 9.17) is 10.9 Å². The summed E-state index contributed by atoms with van der Waals surface area (Å²) in [6.45, 7) is 7.02. The second-order valence-corrected chi connectivity index (χ2v) is 5.12. The van der Waals surface area contributed by atoms with Gasteiger partial charge in [-0.25, -0.2) is 0 Å². The summed E-state index contributed by atoms with van der Waals surface area (Å²) in [6.07, 6.45) is 1.91. The number of benzene rings is 1. The Morgan fingerprint density at radius 3 is 2.62 bits per heavy atom. The van der Waals surface area contributed by atoms with E-state index in [0.717, 1.165) is 36.2 Å². The molecule has 0 radical (unpaired) electrons. The van der Waals surface area contributed by atoms with E-state index in [1.54, 1.807) is 0 Å². The van der Waals surface area contributed by atoms with Gasteiger partial charge in [-0.2, -0.15) is 5.10 Å². The summed E-state index contributed by atoms with van der Waals surface area (Å²) in [7, 11) is 0. The van der Waals surface area contributed by atoms with Crippen LogP contribution in [0.4, 0.5) is 0 Å². The minimum atomic E-state index is 0.131. The fourth-order valence-electron chi connectivity index (χ4n) is 2.36. The van der Waals surface area contributed by atoms with Crippen LogP contribution in [0.25, 0.3) is 0 Å². The highest BCUT2D eigenvalue weighted by molar-refractivity contribution is 5.97. The van der Waals surface area contributed by atoms with Gasteiger partial charge in [-0.15, -0.1) is 0 Å². The molecule has 3 N–H and O–H groups in total. The molecule has 0 saturated carbocycles. The maximum atomic E-state index is 8.73. The summed E-state index contributed by atoms with van der Waals surface area (Å²) in [5.74, 6) is 0.131. The standard InChI is InChI=1S/C16H22N4O/c1-4-14-9-15(5-2)20(18-14)10-13-7-6-12(8-11(13)3)16(17)19-21/h6-9,21H,4-5,10H2,1-3H3,(H2,17,19). The van der Waals surface area contributed by atoms with Crippen LogP contribution in [0.1, 0.15) is 41.9 Å². The first kappa shape index (κ1) is 15.1. The minimum absolute atomic E-state index is 0.131. The highest BCUT2D eigenvalue weighted by Crippen LogP contribution is 2.15. The lowest BCUT2D eigenvalue weighted by Gasteiger charge is -2.10. The Morgan fingerprint density at radius 1 is 1.29 bits per heavy atom. The maximum Gasteiger partial charge on any atom is 0.170 e. The summed E-state index contributed by atoms with van der Waals surface area (Å²) in [5.41, 5.74) is 11.0. The molecule has 112 valence electrons. The lowest BCUT2D eigenvalue weighted by molar-refractivity contribution is 0.318. The van der Waals surface area contributed by atoms with Crippen molar-refractivity contribution in [3.8, 4) is 0 Å². The van der Waals surface area contributed by atoms with Crippen LogP contribution in [0, 0.1) is 6.92 Å². The molecule has 1 aromatic heterocycles. The number of hydrogen-bond acceptors (Lipinski definition) is 3. The van der Waals surface area contributed by atoms with Gasteiger partial charge < -0.3 is 10.9 Å². The first-order valence-electron chi connectivity index (χ1n) is 7.22. The monoisotopic (exact) mass is 286 g/mol. The molecule has 2 aromatic rings. The lowest BCUT2D eigenvalue weighted by Crippen LogP contribution is -2.14.